The topological polar surface area (TPSA) is 77.5 Å². The molecule has 3 N–H and O–H groups in total. The molecule has 1 aliphatic carbocycles. The van der Waals surface area contributed by atoms with E-state index in [0.29, 0.717) is 18.6 Å². The first-order chi connectivity index (χ1) is 14.7. The zero-order valence-electron chi connectivity index (χ0n) is 16.9. The van der Waals surface area contributed by atoms with Gasteiger partial charge in [-0.15, -0.1) is 11.3 Å². The van der Waals surface area contributed by atoms with Crippen molar-refractivity contribution in [3.05, 3.63) is 47.5 Å². The van der Waals surface area contributed by atoms with E-state index in [4.69, 9.17) is 14.4 Å². The van der Waals surface area contributed by atoms with Crippen LogP contribution in [0.1, 0.15) is 31.7 Å². The van der Waals surface area contributed by atoms with E-state index < -0.39 is 0 Å². The Morgan fingerprint density at radius 3 is 3.10 bits per heavy atom. The number of anilines is 1. The number of nitrogens with two attached hydrogens (primary N) is 1. The normalized spacial score (nSPS) is 19.1. The molecule has 0 bridgehead atoms. The van der Waals surface area contributed by atoms with Gasteiger partial charge in [-0.2, -0.15) is 9.61 Å². The number of hydrogen-bond donors (Lipinski definition) is 2. The molecule has 2 unspecified atom stereocenters. The Balaban J connectivity index is 1.43. The van der Waals surface area contributed by atoms with E-state index in [9.17, 15) is 0 Å². The summed E-state index contributed by atoms with van der Waals surface area (Å²) in [6.07, 6.45) is 6.23. The number of rotatable bonds is 7. The van der Waals surface area contributed by atoms with E-state index in [1.807, 2.05) is 16.8 Å². The van der Waals surface area contributed by atoms with Gasteiger partial charge in [-0.3, -0.25) is 5.14 Å². The summed E-state index contributed by atoms with van der Waals surface area (Å²) in [4.78, 5) is 4.54. The third kappa shape index (κ3) is 3.80. The molecule has 0 spiro atoms. The highest BCUT2D eigenvalue weighted by molar-refractivity contribution is 7.92. The highest BCUT2D eigenvalue weighted by Gasteiger charge is 2.25. The monoisotopic (exact) mass is 439 g/mol. The van der Waals surface area contributed by atoms with Crippen molar-refractivity contribution < 1.29 is 4.18 Å². The highest BCUT2D eigenvalue weighted by Crippen LogP contribution is 2.35. The van der Waals surface area contributed by atoms with Crippen LogP contribution in [0.25, 0.3) is 27.0 Å². The summed E-state index contributed by atoms with van der Waals surface area (Å²) in [5, 5.41) is 17.5. The van der Waals surface area contributed by atoms with Crippen LogP contribution in [0.5, 0.6) is 0 Å². The van der Waals surface area contributed by atoms with Crippen LogP contribution in [0.15, 0.2) is 41.9 Å². The van der Waals surface area contributed by atoms with Crippen LogP contribution in [0, 0.1) is 5.92 Å². The highest BCUT2D eigenvalue weighted by atomic mass is 32.2. The van der Waals surface area contributed by atoms with Crippen LogP contribution in [0.3, 0.4) is 0 Å². The van der Waals surface area contributed by atoms with Crippen LogP contribution < -0.4 is 10.5 Å². The third-order valence-electron chi connectivity index (χ3n) is 5.95. The van der Waals surface area contributed by atoms with Gasteiger partial charge in [0.25, 0.3) is 0 Å². The smallest absolute Gasteiger partial charge is 0.157 e. The number of fused-ring (bicyclic) bond motifs is 2. The van der Waals surface area contributed by atoms with E-state index in [0.717, 1.165) is 55.1 Å². The maximum Gasteiger partial charge on any atom is 0.157 e. The standard InChI is InChI=1S/C22H25N5OS2/c1-2-14-4-6-20-17(10-14)18(13-29-20)19-11-22-24-8-7-21(27(22)26-19)25-16-5-3-15(9-16)12-28-30-23/h4,6-8,10-11,13,15-16,25H,2-3,5,9,12,23H2,1H3. The molecule has 3 heterocycles. The van der Waals surface area contributed by atoms with Gasteiger partial charge >= 0.3 is 0 Å². The number of aromatic nitrogens is 3. The Hall–Kier alpha value is -2.13. The van der Waals surface area contributed by atoms with Gasteiger partial charge in [-0.05, 0) is 55.4 Å². The number of hydrogen-bond acceptors (Lipinski definition) is 7. The van der Waals surface area contributed by atoms with E-state index in [1.165, 1.54) is 21.2 Å². The predicted molar refractivity (Wildman–Crippen MR) is 126 cm³/mol. The van der Waals surface area contributed by atoms with Crippen molar-refractivity contribution in [2.45, 2.75) is 38.6 Å². The molecule has 8 heteroatoms. The minimum absolute atomic E-state index is 0.411. The predicted octanol–water partition coefficient (Wildman–Crippen LogP) is 5.29. The fraction of sp³-hybridized carbons (Fsp3) is 0.364. The second kappa shape index (κ2) is 8.55. The number of nitrogens with zero attached hydrogens (tertiary/aromatic N) is 3. The summed E-state index contributed by atoms with van der Waals surface area (Å²) in [5.74, 6) is 1.54. The summed E-state index contributed by atoms with van der Waals surface area (Å²) >= 11 is 2.73. The van der Waals surface area contributed by atoms with Crippen molar-refractivity contribution in [3.8, 4) is 11.3 Å². The molecule has 3 aromatic heterocycles. The van der Waals surface area contributed by atoms with Gasteiger partial charge in [0.05, 0.1) is 24.5 Å². The average molecular weight is 440 g/mol. The third-order valence-corrected chi connectivity index (χ3v) is 7.18. The van der Waals surface area contributed by atoms with Crippen molar-refractivity contribution in [1.82, 2.24) is 14.6 Å². The molecule has 1 fully saturated rings. The van der Waals surface area contributed by atoms with Gasteiger partial charge in [-0.1, -0.05) is 13.0 Å². The maximum atomic E-state index is 5.38. The van der Waals surface area contributed by atoms with Gasteiger partial charge < -0.3 is 9.50 Å². The van der Waals surface area contributed by atoms with Crippen molar-refractivity contribution in [2.75, 3.05) is 11.9 Å². The molecule has 1 aliphatic rings. The molecule has 0 saturated heterocycles. The minimum atomic E-state index is 0.411. The average Bonchev–Trinajstić information content (AvgIpc) is 3.49. The SMILES string of the molecule is CCc1ccc2scc(-c3cc4nccc(NC5CCC(COSN)C5)n4n3)c2c1. The number of benzene rings is 1. The Kier molecular flexibility index (Phi) is 5.64. The molecular weight excluding hydrogens is 414 g/mol. The molecule has 156 valence electrons. The quantitative estimate of drug-likeness (QED) is 0.301. The lowest BCUT2D eigenvalue weighted by atomic mass is 10.1. The summed E-state index contributed by atoms with van der Waals surface area (Å²) in [6, 6.07) is 11.2. The van der Waals surface area contributed by atoms with Crippen LogP contribution in [0.4, 0.5) is 5.82 Å². The summed E-state index contributed by atoms with van der Waals surface area (Å²) in [7, 11) is 0. The number of thiophene rings is 1. The van der Waals surface area contributed by atoms with Gasteiger partial charge in [0.1, 0.15) is 5.82 Å². The van der Waals surface area contributed by atoms with E-state index in [2.05, 4.69) is 46.9 Å². The molecule has 0 amide bonds. The fourth-order valence-electron chi connectivity index (χ4n) is 4.33. The molecule has 6 nitrogen and oxygen atoms in total. The van der Waals surface area contributed by atoms with Gasteiger partial charge in [0.2, 0.25) is 0 Å². The lowest BCUT2D eigenvalue weighted by molar-refractivity contribution is 0.290. The van der Waals surface area contributed by atoms with Crippen LogP contribution in [-0.4, -0.2) is 27.2 Å². The first kappa shape index (κ1) is 19.8. The zero-order chi connectivity index (χ0) is 20.5. The second-order valence-corrected chi connectivity index (χ2v) is 9.20. The maximum absolute atomic E-state index is 5.38. The molecule has 0 radical (unpaired) electrons. The van der Waals surface area contributed by atoms with E-state index in [1.54, 1.807) is 11.3 Å². The summed E-state index contributed by atoms with van der Waals surface area (Å²) < 4.78 is 8.55. The molecule has 1 saturated carbocycles. The van der Waals surface area contributed by atoms with Crippen molar-refractivity contribution >= 4 is 45.1 Å². The number of aryl methyl sites for hydroxylation is 1. The molecule has 2 atom stereocenters. The van der Waals surface area contributed by atoms with Crippen molar-refractivity contribution in [2.24, 2.45) is 11.1 Å². The summed E-state index contributed by atoms with van der Waals surface area (Å²) in [6.45, 7) is 2.90. The lowest BCUT2D eigenvalue weighted by Gasteiger charge is -2.15. The first-order valence-corrected chi connectivity index (χ1v) is 12.0. The fourth-order valence-corrected chi connectivity index (χ4v) is 5.54. The molecule has 4 aromatic rings. The Morgan fingerprint density at radius 2 is 2.23 bits per heavy atom. The molecular formula is C22H25N5OS2. The minimum Gasteiger partial charge on any atom is -0.367 e. The summed E-state index contributed by atoms with van der Waals surface area (Å²) in [5.41, 5.74) is 4.35. The molecule has 5 rings (SSSR count). The van der Waals surface area contributed by atoms with Crippen molar-refractivity contribution in [3.63, 3.8) is 0 Å². The Morgan fingerprint density at radius 1 is 1.30 bits per heavy atom. The molecule has 1 aromatic carbocycles. The van der Waals surface area contributed by atoms with Crippen molar-refractivity contribution in [1.29, 1.82) is 0 Å². The van der Waals surface area contributed by atoms with Gasteiger partial charge in [-0.25, -0.2) is 4.98 Å². The van der Waals surface area contributed by atoms with Crippen LogP contribution >= 0.6 is 23.6 Å². The Bertz CT molecular complexity index is 1170. The Labute approximate surface area is 184 Å². The number of nitrogens with one attached hydrogen (secondary N) is 1. The largest absolute Gasteiger partial charge is 0.367 e. The van der Waals surface area contributed by atoms with E-state index >= 15 is 0 Å². The first-order valence-electron chi connectivity index (χ1n) is 10.4. The molecule has 30 heavy (non-hydrogen) atoms. The van der Waals surface area contributed by atoms with Gasteiger partial charge in [0.15, 0.2) is 5.65 Å². The zero-order valence-corrected chi connectivity index (χ0v) is 18.5. The van der Waals surface area contributed by atoms with E-state index in [-0.39, 0.29) is 0 Å². The second-order valence-electron chi connectivity index (χ2n) is 7.86. The van der Waals surface area contributed by atoms with Crippen LogP contribution in [-0.2, 0) is 10.6 Å². The van der Waals surface area contributed by atoms with Crippen LogP contribution in [0.2, 0.25) is 0 Å². The van der Waals surface area contributed by atoms with Gasteiger partial charge in [0, 0.05) is 39.3 Å². The molecule has 0 aliphatic heterocycles. The lowest BCUT2D eigenvalue weighted by Crippen LogP contribution is -2.18.